The Morgan fingerprint density at radius 2 is 2.18 bits per heavy atom. The Kier molecular flexibility index (Phi) is 2.50. The first-order chi connectivity index (χ1) is 8.27. The molecular weight excluding hydrogens is 216 g/mol. The van der Waals surface area contributed by atoms with E-state index in [1.165, 1.54) is 12.8 Å². The fourth-order valence-electron chi connectivity index (χ4n) is 2.70. The minimum Gasteiger partial charge on any atom is -0.481 e. The largest absolute Gasteiger partial charge is 0.481 e. The van der Waals surface area contributed by atoms with Gasteiger partial charge < -0.3 is 10.0 Å². The van der Waals surface area contributed by atoms with Crippen molar-refractivity contribution in [2.45, 2.75) is 25.2 Å². The number of carbonyl (C=O) groups is 1. The van der Waals surface area contributed by atoms with E-state index in [1.807, 2.05) is 12.1 Å². The van der Waals surface area contributed by atoms with Gasteiger partial charge in [0.1, 0.15) is 5.82 Å². The normalized spacial score (nSPS) is 27.2. The summed E-state index contributed by atoms with van der Waals surface area (Å²) >= 11 is 0. The van der Waals surface area contributed by atoms with Crippen LogP contribution in [0.2, 0.25) is 0 Å². The van der Waals surface area contributed by atoms with Gasteiger partial charge in [-0.05, 0) is 30.9 Å². The molecule has 1 aliphatic heterocycles. The van der Waals surface area contributed by atoms with Gasteiger partial charge in [0.15, 0.2) is 0 Å². The summed E-state index contributed by atoms with van der Waals surface area (Å²) in [6, 6.07) is 3.94. The first-order valence-electron chi connectivity index (χ1n) is 6.20. The standard InChI is InChI=1S/C13H16N2O2/c16-13(17)11-8-10(11)9-4-3-5-14-12(9)15-6-1-2-7-15/h3-5,10-11H,1-2,6-8H2,(H,16,17)/t10-,11+/m0/s1. The molecule has 0 amide bonds. The van der Waals surface area contributed by atoms with E-state index in [2.05, 4.69) is 9.88 Å². The van der Waals surface area contributed by atoms with Crippen LogP contribution >= 0.6 is 0 Å². The molecule has 1 saturated heterocycles. The van der Waals surface area contributed by atoms with Crippen LogP contribution in [0.3, 0.4) is 0 Å². The maximum Gasteiger partial charge on any atom is 0.307 e. The Balaban J connectivity index is 1.87. The van der Waals surface area contributed by atoms with Crippen LogP contribution in [0.1, 0.15) is 30.7 Å². The molecule has 0 aromatic carbocycles. The number of nitrogens with zero attached hydrogens (tertiary/aromatic N) is 2. The molecule has 1 N–H and O–H groups in total. The van der Waals surface area contributed by atoms with Crippen molar-refractivity contribution in [1.29, 1.82) is 0 Å². The van der Waals surface area contributed by atoms with Crippen LogP contribution in [-0.4, -0.2) is 29.1 Å². The van der Waals surface area contributed by atoms with Crippen molar-refractivity contribution in [3.05, 3.63) is 23.9 Å². The van der Waals surface area contributed by atoms with Gasteiger partial charge in [-0.15, -0.1) is 0 Å². The number of anilines is 1. The molecule has 1 aromatic rings. The van der Waals surface area contributed by atoms with E-state index in [9.17, 15) is 4.79 Å². The van der Waals surface area contributed by atoms with Gasteiger partial charge in [0.2, 0.25) is 0 Å². The number of carboxylic acids is 1. The molecule has 0 unspecified atom stereocenters. The molecule has 2 aliphatic rings. The molecule has 4 nitrogen and oxygen atoms in total. The van der Waals surface area contributed by atoms with Gasteiger partial charge in [-0.2, -0.15) is 0 Å². The highest BCUT2D eigenvalue weighted by Gasteiger charge is 2.45. The Morgan fingerprint density at radius 1 is 1.41 bits per heavy atom. The van der Waals surface area contributed by atoms with E-state index in [1.54, 1.807) is 6.20 Å². The van der Waals surface area contributed by atoms with E-state index < -0.39 is 5.97 Å². The smallest absolute Gasteiger partial charge is 0.307 e. The number of aliphatic carboxylic acids is 1. The molecule has 1 saturated carbocycles. The molecule has 4 heteroatoms. The summed E-state index contributed by atoms with van der Waals surface area (Å²) in [6.45, 7) is 2.10. The van der Waals surface area contributed by atoms with Gasteiger partial charge >= 0.3 is 5.97 Å². The van der Waals surface area contributed by atoms with E-state index in [0.29, 0.717) is 0 Å². The van der Waals surface area contributed by atoms with Crippen LogP contribution in [0.25, 0.3) is 0 Å². The molecule has 1 aromatic heterocycles. The first kappa shape index (κ1) is 10.6. The molecule has 0 spiro atoms. The van der Waals surface area contributed by atoms with Gasteiger partial charge in [0.25, 0.3) is 0 Å². The Labute approximate surface area is 100 Å². The average molecular weight is 232 g/mol. The van der Waals surface area contributed by atoms with Crippen molar-refractivity contribution in [2.24, 2.45) is 5.92 Å². The average Bonchev–Trinajstić information content (AvgIpc) is 2.96. The highest BCUT2D eigenvalue weighted by molar-refractivity contribution is 5.76. The fourth-order valence-corrected chi connectivity index (χ4v) is 2.70. The predicted octanol–water partition coefficient (Wildman–Crippen LogP) is 1.87. The van der Waals surface area contributed by atoms with Crippen molar-refractivity contribution >= 4 is 11.8 Å². The van der Waals surface area contributed by atoms with Gasteiger partial charge in [0, 0.05) is 25.2 Å². The molecule has 2 heterocycles. The summed E-state index contributed by atoms with van der Waals surface area (Å²) < 4.78 is 0. The van der Waals surface area contributed by atoms with E-state index in [0.717, 1.165) is 30.9 Å². The van der Waals surface area contributed by atoms with Crippen LogP contribution < -0.4 is 4.90 Å². The summed E-state index contributed by atoms with van der Waals surface area (Å²) in [5, 5.41) is 9.01. The molecule has 0 radical (unpaired) electrons. The Hall–Kier alpha value is -1.58. The minimum atomic E-state index is -0.675. The lowest BCUT2D eigenvalue weighted by Crippen LogP contribution is -2.20. The number of carboxylic acid groups (broad SMARTS) is 1. The zero-order chi connectivity index (χ0) is 11.8. The quantitative estimate of drug-likeness (QED) is 0.864. The summed E-state index contributed by atoms with van der Waals surface area (Å²) in [7, 11) is 0. The predicted molar refractivity (Wildman–Crippen MR) is 64.2 cm³/mol. The zero-order valence-corrected chi connectivity index (χ0v) is 9.67. The third kappa shape index (κ3) is 1.88. The van der Waals surface area contributed by atoms with Crippen LogP contribution in [-0.2, 0) is 4.79 Å². The van der Waals surface area contributed by atoms with Gasteiger partial charge in [-0.1, -0.05) is 6.07 Å². The molecule has 0 bridgehead atoms. The molecule has 3 rings (SSSR count). The van der Waals surface area contributed by atoms with E-state index in [-0.39, 0.29) is 11.8 Å². The molecule has 90 valence electrons. The summed E-state index contributed by atoms with van der Waals surface area (Å²) in [5.41, 5.74) is 1.13. The fraction of sp³-hybridized carbons (Fsp3) is 0.538. The van der Waals surface area contributed by atoms with E-state index >= 15 is 0 Å². The SMILES string of the molecule is O=C(O)[C@@H]1C[C@H]1c1cccnc1N1CCCC1. The van der Waals surface area contributed by atoms with Gasteiger partial charge in [-0.25, -0.2) is 4.98 Å². The zero-order valence-electron chi connectivity index (χ0n) is 9.67. The van der Waals surface area contributed by atoms with Crippen molar-refractivity contribution in [3.63, 3.8) is 0 Å². The monoisotopic (exact) mass is 232 g/mol. The molecular formula is C13H16N2O2. The summed E-state index contributed by atoms with van der Waals surface area (Å²) in [6.07, 6.45) is 4.99. The molecule has 1 aliphatic carbocycles. The lowest BCUT2D eigenvalue weighted by molar-refractivity contribution is -0.138. The summed E-state index contributed by atoms with van der Waals surface area (Å²) in [4.78, 5) is 17.7. The maximum absolute atomic E-state index is 10.9. The van der Waals surface area contributed by atoms with Crippen LogP contribution in [0.15, 0.2) is 18.3 Å². The van der Waals surface area contributed by atoms with E-state index in [4.69, 9.17) is 5.11 Å². The maximum atomic E-state index is 10.9. The Bertz CT molecular complexity index is 441. The third-order valence-corrected chi connectivity index (χ3v) is 3.73. The highest BCUT2D eigenvalue weighted by atomic mass is 16.4. The second-order valence-electron chi connectivity index (χ2n) is 4.90. The van der Waals surface area contributed by atoms with Crippen molar-refractivity contribution in [2.75, 3.05) is 18.0 Å². The lowest BCUT2D eigenvalue weighted by Gasteiger charge is -2.19. The number of rotatable bonds is 3. The minimum absolute atomic E-state index is 0.178. The molecule has 2 fully saturated rings. The second-order valence-corrected chi connectivity index (χ2v) is 4.90. The lowest BCUT2D eigenvalue weighted by atomic mass is 10.1. The van der Waals surface area contributed by atoms with Crippen molar-refractivity contribution in [3.8, 4) is 0 Å². The topological polar surface area (TPSA) is 53.4 Å². The van der Waals surface area contributed by atoms with Crippen molar-refractivity contribution < 1.29 is 9.90 Å². The third-order valence-electron chi connectivity index (χ3n) is 3.73. The van der Waals surface area contributed by atoms with Gasteiger partial charge in [-0.3, -0.25) is 4.79 Å². The van der Waals surface area contributed by atoms with Crippen LogP contribution in [0.5, 0.6) is 0 Å². The van der Waals surface area contributed by atoms with Crippen molar-refractivity contribution in [1.82, 2.24) is 4.98 Å². The van der Waals surface area contributed by atoms with Crippen LogP contribution in [0, 0.1) is 5.92 Å². The number of hydrogen-bond acceptors (Lipinski definition) is 3. The number of aromatic nitrogens is 1. The van der Waals surface area contributed by atoms with Gasteiger partial charge in [0.05, 0.1) is 5.92 Å². The molecule has 2 atom stereocenters. The number of pyridine rings is 1. The second kappa shape index (κ2) is 4.02. The first-order valence-corrected chi connectivity index (χ1v) is 6.20. The van der Waals surface area contributed by atoms with Crippen LogP contribution in [0.4, 0.5) is 5.82 Å². The number of hydrogen-bond donors (Lipinski definition) is 1. The Morgan fingerprint density at radius 3 is 2.82 bits per heavy atom. The molecule has 17 heavy (non-hydrogen) atoms. The highest BCUT2D eigenvalue weighted by Crippen LogP contribution is 2.50. The summed E-state index contributed by atoms with van der Waals surface area (Å²) in [5.74, 6) is 0.322.